The van der Waals surface area contributed by atoms with Crippen LogP contribution in [0.4, 0.5) is 15.8 Å². The van der Waals surface area contributed by atoms with Crippen LogP contribution in [0.25, 0.3) is 0 Å². The van der Waals surface area contributed by atoms with Crippen LogP contribution in [0.3, 0.4) is 0 Å². The maximum absolute atomic E-state index is 13.6. The van der Waals surface area contributed by atoms with E-state index in [1.54, 1.807) is 28.9 Å². The van der Waals surface area contributed by atoms with Gasteiger partial charge in [0.2, 0.25) is 5.91 Å². The van der Waals surface area contributed by atoms with Crippen molar-refractivity contribution < 1.29 is 18.8 Å². The molecule has 0 saturated carbocycles. The fraction of sp³-hybridized carbons (Fsp3) is 0.423. The summed E-state index contributed by atoms with van der Waals surface area (Å²) in [5.74, 6) is -0.838. The molecule has 0 spiro atoms. The Labute approximate surface area is 200 Å². The minimum atomic E-state index is -0.433. The minimum Gasteiger partial charge on any atom is -0.369 e. The molecule has 2 aromatic rings. The van der Waals surface area contributed by atoms with Gasteiger partial charge in [-0.1, -0.05) is 13.0 Å². The summed E-state index contributed by atoms with van der Waals surface area (Å²) in [5.41, 5.74) is 2.24. The smallest absolute Gasteiger partial charge is 0.256 e. The van der Waals surface area contributed by atoms with Crippen molar-refractivity contribution in [1.82, 2.24) is 9.80 Å². The van der Waals surface area contributed by atoms with Gasteiger partial charge in [0.1, 0.15) is 5.82 Å². The third-order valence-corrected chi connectivity index (χ3v) is 6.08. The van der Waals surface area contributed by atoms with Crippen molar-refractivity contribution in [3.8, 4) is 0 Å². The molecule has 1 fully saturated rings. The second kappa shape index (κ2) is 11.6. The molecule has 0 radical (unpaired) electrons. The van der Waals surface area contributed by atoms with Gasteiger partial charge in [0.15, 0.2) is 0 Å². The molecule has 1 heterocycles. The Morgan fingerprint density at radius 3 is 2.41 bits per heavy atom. The molecule has 8 heteroatoms. The van der Waals surface area contributed by atoms with Gasteiger partial charge in [0.05, 0.1) is 5.56 Å². The minimum absolute atomic E-state index is 0.0930. The second-order valence-corrected chi connectivity index (χ2v) is 8.25. The van der Waals surface area contributed by atoms with E-state index in [4.69, 9.17) is 0 Å². The first-order valence-electron chi connectivity index (χ1n) is 11.9. The predicted molar refractivity (Wildman–Crippen MR) is 132 cm³/mol. The lowest BCUT2D eigenvalue weighted by molar-refractivity contribution is -0.115. The van der Waals surface area contributed by atoms with E-state index in [1.165, 1.54) is 18.2 Å². The van der Waals surface area contributed by atoms with E-state index in [-0.39, 0.29) is 17.7 Å². The molecule has 1 aliphatic rings. The summed E-state index contributed by atoms with van der Waals surface area (Å²) >= 11 is 0. The third-order valence-electron chi connectivity index (χ3n) is 6.08. The largest absolute Gasteiger partial charge is 0.369 e. The quantitative estimate of drug-likeness (QED) is 0.667. The Morgan fingerprint density at radius 1 is 0.971 bits per heavy atom. The van der Waals surface area contributed by atoms with Gasteiger partial charge < -0.3 is 20.0 Å². The number of hydrogen-bond acceptors (Lipinski definition) is 4. The molecule has 2 aromatic carbocycles. The Bertz CT molecular complexity index is 1040. The average Bonchev–Trinajstić information content (AvgIpc) is 3.10. The fourth-order valence-electron chi connectivity index (χ4n) is 4.16. The second-order valence-electron chi connectivity index (χ2n) is 8.25. The number of anilines is 2. The van der Waals surface area contributed by atoms with Gasteiger partial charge >= 0.3 is 0 Å². The highest BCUT2D eigenvalue weighted by Crippen LogP contribution is 2.27. The monoisotopic (exact) mass is 468 g/mol. The van der Waals surface area contributed by atoms with Crippen LogP contribution in [0.1, 0.15) is 54.3 Å². The van der Waals surface area contributed by atoms with E-state index in [0.29, 0.717) is 68.9 Å². The molecule has 0 aromatic heterocycles. The zero-order valence-electron chi connectivity index (χ0n) is 20.1. The van der Waals surface area contributed by atoms with Gasteiger partial charge in [0.25, 0.3) is 11.8 Å². The molecule has 1 saturated heterocycles. The van der Waals surface area contributed by atoms with Crippen LogP contribution in [0.15, 0.2) is 42.5 Å². The van der Waals surface area contributed by atoms with E-state index in [0.717, 1.165) is 5.69 Å². The molecule has 3 rings (SSSR count). The maximum Gasteiger partial charge on any atom is 0.256 e. The number of nitrogens with one attached hydrogen (secondary N) is 1. The molecule has 34 heavy (non-hydrogen) atoms. The summed E-state index contributed by atoms with van der Waals surface area (Å²) in [5, 5.41) is 2.84. The van der Waals surface area contributed by atoms with Crippen LogP contribution in [0.5, 0.6) is 0 Å². The van der Waals surface area contributed by atoms with Crippen molar-refractivity contribution in [2.75, 3.05) is 49.5 Å². The molecule has 182 valence electrons. The number of amides is 3. The highest BCUT2D eigenvalue weighted by atomic mass is 19.1. The van der Waals surface area contributed by atoms with E-state index in [9.17, 15) is 18.8 Å². The van der Waals surface area contributed by atoms with Crippen LogP contribution in [0, 0.1) is 5.82 Å². The molecular weight excluding hydrogens is 435 g/mol. The first-order valence-corrected chi connectivity index (χ1v) is 11.9. The third kappa shape index (κ3) is 5.92. The number of carbonyl (C=O) groups excluding carboxylic acids is 3. The number of benzene rings is 2. The Balaban J connectivity index is 1.85. The zero-order chi connectivity index (χ0) is 24.7. The Kier molecular flexibility index (Phi) is 8.62. The zero-order valence-corrected chi connectivity index (χ0v) is 20.1. The number of nitrogens with zero attached hydrogens (tertiary/aromatic N) is 3. The standard InChI is InChI=1S/C26H33FN4O3/c1-4-24(32)28-21-11-12-23(22(18-21)26(34)29(5-2)6-3)30-13-8-14-31(16-15-30)25(33)19-9-7-10-20(27)17-19/h7,9-12,17-18H,4-6,8,13-16H2,1-3H3,(H,28,32). The van der Waals surface area contributed by atoms with Crippen LogP contribution in [0.2, 0.25) is 0 Å². The summed E-state index contributed by atoms with van der Waals surface area (Å²) < 4.78 is 13.6. The Morgan fingerprint density at radius 2 is 1.74 bits per heavy atom. The normalized spacial score (nSPS) is 13.9. The Hall–Kier alpha value is -3.42. The molecular formula is C26H33FN4O3. The number of hydrogen-bond donors (Lipinski definition) is 1. The topological polar surface area (TPSA) is 73.0 Å². The molecule has 1 aliphatic heterocycles. The summed E-state index contributed by atoms with van der Waals surface area (Å²) in [7, 11) is 0. The van der Waals surface area contributed by atoms with E-state index >= 15 is 0 Å². The number of halogens is 1. The van der Waals surface area contributed by atoms with Crippen molar-refractivity contribution in [3.63, 3.8) is 0 Å². The molecule has 3 amide bonds. The summed E-state index contributed by atoms with van der Waals surface area (Å²) in [6.07, 6.45) is 1.07. The van der Waals surface area contributed by atoms with Crippen molar-refractivity contribution in [1.29, 1.82) is 0 Å². The lowest BCUT2D eigenvalue weighted by Crippen LogP contribution is -2.36. The lowest BCUT2D eigenvalue weighted by Gasteiger charge is -2.28. The number of rotatable bonds is 7. The molecule has 0 bridgehead atoms. The summed E-state index contributed by atoms with van der Waals surface area (Å²) in [6, 6.07) is 11.2. The predicted octanol–water partition coefficient (Wildman–Crippen LogP) is 4.01. The van der Waals surface area contributed by atoms with Crippen LogP contribution in [-0.2, 0) is 4.79 Å². The molecule has 1 N–H and O–H groups in total. The molecule has 0 aliphatic carbocycles. The van der Waals surface area contributed by atoms with Gasteiger partial charge in [0, 0.05) is 62.6 Å². The van der Waals surface area contributed by atoms with Gasteiger partial charge in [-0.15, -0.1) is 0 Å². The van der Waals surface area contributed by atoms with Gasteiger partial charge in [-0.2, -0.15) is 0 Å². The summed E-state index contributed by atoms with van der Waals surface area (Å²) in [4.78, 5) is 43.7. The van der Waals surface area contributed by atoms with E-state index < -0.39 is 5.82 Å². The average molecular weight is 469 g/mol. The lowest BCUT2D eigenvalue weighted by atomic mass is 10.1. The fourth-order valence-corrected chi connectivity index (χ4v) is 4.16. The van der Waals surface area contributed by atoms with Crippen molar-refractivity contribution in [2.24, 2.45) is 0 Å². The first-order chi connectivity index (χ1) is 16.4. The molecule has 7 nitrogen and oxygen atoms in total. The summed E-state index contributed by atoms with van der Waals surface area (Å²) in [6.45, 7) is 9.04. The van der Waals surface area contributed by atoms with E-state index in [2.05, 4.69) is 10.2 Å². The highest BCUT2D eigenvalue weighted by Gasteiger charge is 2.25. The van der Waals surface area contributed by atoms with Crippen molar-refractivity contribution >= 4 is 29.1 Å². The highest BCUT2D eigenvalue weighted by molar-refractivity contribution is 6.02. The van der Waals surface area contributed by atoms with E-state index in [1.807, 2.05) is 26.0 Å². The number of carbonyl (C=O) groups is 3. The maximum atomic E-state index is 13.6. The molecule has 0 atom stereocenters. The molecule has 0 unspecified atom stereocenters. The van der Waals surface area contributed by atoms with Crippen molar-refractivity contribution in [2.45, 2.75) is 33.6 Å². The van der Waals surface area contributed by atoms with Crippen LogP contribution in [-0.4, -0.2) is 66.8 Å². The SMILES string of the molecule is CCC(=O)Nc1ccc(N2CCCN(C(=O)c3cccc(F)c3)CC2)c(C(=O)N(CC)CC)c1. The van der Waals surface area contributed by atoms with Crippen molar-refractivity contribution in [3.05, 3.63) is 59.4 Å². The van der Waals surface area contributed by atoms with Crippen LogP contribution >= 0.6 is 0 Å². The van der Waals surface area contributed by atoms with Gasteiger partial charge in [-0.3, -0.25) is 14.4 Å². The van der Waals surface area contributed by atoms with Crippen LogP contribution < -0.4 is 10.2 Å². The van der Waals surface area contributed by atoms with Gasteiger partial charge in [-0.05, 0) is 56.7 Å². The van der Waals surface area contributed by atoms with Gasteiger partial charge in [-0.25, -0.2) is 4.39 Å². The first kappa shape index (κ1) is 25.2.